The second-order valence-corrected chi connectivity index (χ2v) is 12.0. The third-order valence-electron chi connectivity index (χ3n) is 6.47. The van der Waals surface area contributed by atoms with Crippen LogP contribution < -0.4 is 4.74 Å². The second-order valence-electron chi connectivity index (χ2n) is 11.6. The van der Waals surface area contributed by atoms with E-state index in [2.05, 4.69) is 5.10 Å². The van der Waals surface area contributed by atoms with E-state index in [0.717, 1.165) is 18.4 Å². The van der Waals surface area contributed by atoms with Gasteiger partial charge in [0, 0.05) is 24.8 Å². The highest BCUT2D eigenvalue weighted by Gasteiger charge is 2.43. The number of rotatable bonds is 7. The van der Waals surface area contributed by atoms with Crippen LogP contribution in [0.15, 0.2) is 30.5 Å². The lowest BCUT2D eigenvalue weighted by Gasteiger charge is -2.20. The number of halogens is 1. The smallest absolute Gasteiger partial charge is 0.359 e. The number of likely N-dealkylation sites (tertiary alicyclic amines) is 1. The summed E-state index contributed by atoms with van der Waals surface area (Å²) in [4.78, 5) is 27.0. The predicted molar refractivity (Wildman–Crippen MR) is 138 cm³/mol. The molecule has 1 saturated heterocycles. The molecule has 0 radical (unpaired) electrons. The minimum atomic E-state index is -0.954. The van der Waals surface area contributed by atoms with Crippen molar-refractivity contribution in [1.82, 2.24) is 14.7 Å². The van der Waals surface area contributed by atoms with E-state index in [4.69, 9.17) is 25.8 Å². The number of hydrogen-bond acceptors (Lipinski definition) is 7. The summed E-state index contributed by atoms with van der Waals surface area (Å²) in [5.74, 6) is 0.682. The maximum atomic E-state index is 13.0. The fourth-order valence-corrected chi connectivity index (χ4v) is 5.03. The van der Waals surface area contributed by atoms with Crippen LogP contribution in [-0.2, 0) is 16.1 Å². The minimum Gasteiger partial charge on any atom is -0.489 e. The van der Waals surface area contributed by atoms with Gasteiger partial charge in [0.05, 0.1) is 23.3 Å². The van der Waals surface area contributed by atoms with Crippen LogP contribution in [0.4, 0.5) is 4.79 Å². The number of hydrogen-bond donors (Lipinski definition) is 1. The van der Waals surface area contributed by atoms with Crippen LogP contribution >= 0.6 is 11.6 Å². The van der Waals surface area contributed by atoms with E-state index in [9.17, 15) is 14.7 Å². The van der Waals surface area contributed by atoms with Crippen LogP contribution in [0.2, 0.25) is 5.02 Å². The molecule has 1 aromatic heterocycles. The molecule has 1 aliphatic heterocycles. The lowest BCUT2D eigenvalue weighted by molar-refractivity contribution is 0.00620. The summed E-state index contributed by atoms with van der Waals surface area (Å²) < 4.78 is 18.4. The Hall–Kier alpha value is -2.62. The number of carbonyl (C=O) groups is 2. The molecule has 3 atom stereocenters. The van der Waals surface area contributed by atoms with E-state index in [0.29, 0.717) is 42.3 Å². The molecule has 2 heterocycles. The molecule has 1 N–H and O–H groups in total. The lowest BCUT2D eigenvalue weighted by Crippen LogP contribution is -2.34. The molecule has 0 bridgehead atoms. The average Bonchev–Trinajstić information content (AvgIpc) is 3.50. The summed E-state index contributed by atoms with van der Waals surface area (Å²) in [6.07, 6.45) is 3.32. The molecule has 2 aromatic rings. The number of nitrogens with zero attached hydrogens (tertiary/aromatic N) is 3. The molecule has 37 heavy (non-hydrogen) atoms. The highest BCUT2D eigenvalue weighted by molar-refractivity contribution is 6.32. The number of fused-ring (bicyclic) bond motifs is 1. The third kappa shape index (κ3) is 7.03. The Balaban J connectivity index is 1.27. The minimum absolute atomic E-state index is 0.0905. The predicted octanol–water partition coefficient (Wildman–Crippen LogP) is 4.54. The van der Waals surface area contributed by atoms with E-state index in [1.807, 2.05) is 12.1 Å². The van der Waals surface area contributed by atoms with Crippen LogP contribution in [0.1, 0.15) is 63.5 Å². The van der Waals surface area contributed by atoms with Crippen molar-refractivity contribution >= 4 is 23.6 Å². The van der Waals surface area contributed by atoms with Crippen LogP contribution in [0, 0.1) is 11.8 Å². The Morgan fingerprint density at radius 2 is 1.78 bits per heavy atom. The molecule has 202 valence electrons. The number of ether oxygens (including phenoxy) is 3. The number of esters is 1. The summed E-state index contributed by atoms with van der Waals surface area (Å²) in [6, 6.07) is 6.81. The molecule has 4 rings (SSSR count). The van der Waals surface area contributed by atoms with Crippen molar-refractivity contribution in [2.75, 3.05) is 19.7 Å². The highest BCUT2D eigenvalue weighted by Crippen LogP contribution is 2.40. The Labute approximate surface area is 222 Å². The maximum Gasteiger partial charge on any atom is 0.359 e. The lowest BCUT2D eigenvalue weighted by atomic mass is 10.0. The van der Waals surface area contributed by atoms with Gasteiger partial charge in [0.15, 0.2) is 5.69 Å². The van der Waals surface area contributed by atoms with Crippen molar-refractivity contribution in [3.8, 4) is 5.75 Å². The van der Waals surface area contributed by atoms with Gasteiger partial charge in [-0.1, -0.05) is 23.7 Å². The monoisotopic (exact) mass is 533 g/mol. The standard InChI is InChI=1S/C27H36ClN3O6/c1-26(2,3)37-24(32)21-9-10-31(29-21)25(33)30-13-18-11-20(12-19(18)14-30)35-15-17-7-6-8-22(23(17)28)36-16-27(4,5)34/h6-10,18-20,34H,11-16H2,1-5H3/t18-,19+,20+. The Morgan fingerprint density at radius 1 is 1.11 bits per heavy atom. The first-order chi connectivity index (χ1) is 17.3. The molecule has 2 aliphatic rings. The van der Waals surface area contributed by atoms with Crippen LogP contribution in [-0.4, -0.2) is 68.8 Å². The number of aliphatic hydroxyl groups is 1. The van der Waals surface area contributed by atoms with Gasteiger partial charge in [-0.05, 0) is 71.4 Å². The normalized spacial score (nSPS) is 21.7. The fraction of sp³-hybridized carbons (Fsp3) is 0.593. The van der Waals surface area contributed by atoms with Crippen LogP contribution in [0.5, 0.6) is 5.75 Å². The van der Waals surface area contributed by atoms with Gasteiger partial charge in [0.25, 0.3) is 0 Å². The highest BCUT2D eigenvalue weighted by atomic mass is 35.5. The molecular formula is C27H36ClN3O6. The summed E-state index contributed by atoms with van der Waals surface area (Å²) in [5, 5.41) is 14.5. The number of benzene rings is 1. The Kier molecular flexibility index (Phi) is 7.88. The first-order valence-corrected chi connectivity index (χ1v) is 13.0. The van der Waals surface area contributed by atoms with Crippen molar-refractivity contribution in [3.63, 3.8) is 0 Å². The van der Waals surface area contributed by atoms with Gasteiger partial charge in [-0.25, -0.2) is 9.59 Å². The zero-order valence-electron chi connectivity index (χ0n) is 22.1. The third-order valence-corrected chi connectivity index (χ3v) is 6.90. The van der Waals surface area contributed by atoms with Gasteiger partial charge in [-0.2, -0.15) is 9.78 Å². The molecule has 2 fully saturated rings. The van der Waals surface area contributed by atoms with Crippen molar-refractivity contribution < 1.29 is 28.9 Å². The number of amides is 1. The Morgan fingerprint density at radius 3 is 2.41 bits per heavy atom. The molecule has 0 unspecified atom stereocenters. The summed E-state index contributed by atoms with van der Waals surface area (Å²) >= 11 is 6.52. The van der Waals surface area contributed by atoms with Crippen LogP contribution in [0.3, 0.4) is 0 Å². The molecule has 1 saturated carbocycles. The van der Waals surface area contributed by atoms with Gasteiger partial charge < -0.3 is 24.2 Å². The van der Waals surface area contributed by atoms with E-state index < -0.39 is 17.2 Å². The molecule has 9 nitrogen and oxygen atoms in total. The zero-order valence-corrected chi connectivity index (χ0v) is 22.8. The molecule has 1 aliphatic carbocycles. The van der Waals surface area contributed by atoms with E-state index in [1.165, 1.54) is 16.9 Å². The first-order valence-electron chi connectivity index (χ1n) is 12.6. The van der Waals surface area contributed by atoms with Gasteiger partial charge in [0.1, 0.15) is 18.0 Å². The zero-order chi connectivity index (χ0) is 27.0. The molecule has 10 heteroatoms. The average molecular weight is 534 g/mol. The van der Waals surface area contributed by atoms with Crippen molar-refractivity contribution in [3.05, 3.63) is 46.7 Å². The topological polar surface area (TPSA) is 103 Å². The van der Waals surface area contributed by atoms with E-state index in [1.54, 1.807) is 45.6 Å². The summed E-state index contributed by atoms with van der Waals surface area (Å²) in [6.45, 7) is 10.5. The second kappa shape index (κ2) is 10.6. The van der Waals surface area contributed by atoms with Gasteiger partial charge >= 0.3 is 12.0 Å². The van der Waals surface area contributed by atoms with E-state index in [-0.39, 0.29) is 24.4 Å². The summed E-state index contributed by atoms with van der Waals surface area (Å²) in [7, 11) is 0. The molecule has 1 aromatic carbocycles. The maximum absolute atomic E-state index is 13.0. The largest absolute Gasteiger partial charge is 0.489 e. The molecule has 1 amide bonds. The van der Waals surface area contributed by atoms with E-state index >= 15 is 0 Å². The number of carbonyl (C=O) groups excluding carboxylic acids is 2. The molecule has 0 spiro atoms. The SMILES string of the molecule is CC(C)(O)COc1cccc(CO[C@H]2C[C@@H]3CN(C(=O)n4ccc(C(=O)OC(C)(C)C)n4)C[C@@H]3C2)c1Cl. The molecular weight excluding hydrogens is 498 g/mol. The summed E-state index contributed by atoms with van der Waals surface area (Å²) in [5.41, 5.74) is -0.632. The van der Waals surface area contributed by atoms with Gasteiger partial charge in [0.2, 0.25) is 0 Å². The van der Waals surface area contributed by atoms with Crippen molar-refractivity contribution in [2.45, 2.75) is 71.4 Å². The number of aromatic nitrogens is 2. The quantitative estimate of drug-likeness (QED) is 0.521. The Bertz CT molecular complexity index is 1120. The van der Waals surface area contributed by atoms with Crippen LogP contribution in [0.25, 0.3) is 0 Å². The van der Waals surface area contributed by atoms with Crippen molar-refractivity contribution in [2.24, 2.45) is 11.8 Å². The van der Waals surface area contributed by atoms with Crippen molar-refractivity contribution in [1.29, 1.82) is 0 Å². The van der Waals surface area contributed by atoms with Gasteiger partial charge in [-0.15, -0.1) is 0 Å². The first kappa shape index (κ1) is 27.4. The fourth-order valence-electron chi connectivity index (χ4n) is 4.79. The van der Waals surface area contributed by atoms with Gasteiger partial charge in [-0.3, -0.25) is 0 Å².